The third-order valence-electron chi connectivity index (χ3n) is 3.57. The monoisotopic (exact) mass is 372 g/mol. The van der Waals surface area contributed by atoms with E-state index >= 15 is 0 Å². The summed E-state index contributed by atoms with van der Waals surface area (Å²) in [5, 5.41) is 3.36. The van der Waals surface area contributed by atoms with Crippen LogP contribution in [-0.4, -0.2) is 22.9 Å². The van der Waals surface area contributed by atoms with Gasteiger partial charge in [0.25, 0.3) is 5.91 Å². The Bertz CT molecular complexity index is 903. The maximum Gasteiger partial charge on any atom is 0.274 e. The molecule has 1 N–H and O–H groups in total. The summed E-state index contributed by atoms with van der Waals surface area (Å²) in [6.45, 7) is 0. The molecule has 126 valence electrons. The van der Waals surface area contributed by atoms with Gasteiger partial charge in [-0.05, 0) is 24.3 Å². The highest BCUT2D eigenvalue weighted by atomic mass is 35.5. The molecule has 3 aromatic rings. The number of anilines is 3. The second kappa shape index (κ2) is 7.51. The summed E-state index contributed by atoms with van der Waals surface area (Å²) in [4.78, 5) is 22.6. The highest BCUT2D eigenvalue weighted by Crippen LogP contribution is 2.30. The van der Waals surface area contributed by atoms with Gasteiger partial charge >= 0.3 is 0 Å². The quantitative estimate of drug-likeness (QED) is 0.714. The van der Waals surface area contributed by atoms with Crippen LogP contribution in [0.5, 0.6) is 0 Å². The van der Waals surface area contributed by atoms with Crippen LogP contribution in [-0.2, 0) is 0 Å². The normalized spacial score (nSPS) is 10.4. The van der Waals surface area contributed by atoms with E-state index in [0.717, 1.165) is 5.69 Å². The third kappa shape index (κ3) is 3.90. The van der Waals surface area contributed by atoms with Gasteiger partial charge in [0.2, 0.25) is 0 Å². The number of aromatic nitrogens is 2. The average Bonchev–Trinajstić information content (AvgIpc) is 2.65. The zero-order chi connectivity index (χ0) is 17.8. The standard InChI is InChI=1S/C18H14Cl2N4O/c1-24(12-6-3-2-4-7-12)16-10-15(21-11-22-16)18(25)23-14-9-5-8-13(19)17(14)20/h2-11H,1H3,(H,23,25). The van der Waals surface area contributed by atoms with E-state index in [1.165, 1.54) is 6.33 Å². The van der Waals surface area contributed by atoms with Crippen LogP contribution in [0, 0.1) is 0 Å². The Morgan fingerprint density at radius 2 is 1.80 bits per heavy atom. The average molecular weight is 373 g/mol. The second-order valence-electron chi connectivity index (χ2n) is 5.21. The van der Waals surface area contributed by atoms with Gasteiger partial charge in [-0.15, -0.1) is 0 Å². The maximum absolute atomic E-state index is 12.5. The molecule has 5 nitrogen and oxygen atoms in total. The Kier molecular flexibility index (Phi) is 5.16. The van der Waals surface area contributed by atoms with Gasteiger partial charge in [-0.2, -0.15) is 0 Å². The number of carbonyl (C=O) groups is 1. The summed E-state index contributed by atoms with van der Waals surface area (Å²) in [7, 11) is 1.87. The van der Waals surface area contributed by atoms with Crippen LogP contribution in [0.15, 0.2) is 60.9 Å². The molecule has 7 heteroatoms. The number of hydrogen-bond donors (Lipinski definition) is 1. The van der Waals surface area contributed by atoms with E-state index in [9.17, 15) is 4.79 Å². The van der Waals surface area contributed by atoms with E-state index in [4.69, 9.17) is 23.2 Å². The van der Waals surface area contributed by atoms with Crippen LogP contribution in [0.2, 0.25) is 10.0 Å². The van der Waals surface area contributed by atoms with Gasteiger partial charge in [-0.1, -0.05) is 47.5 Å². The predicted molar refractivity (Wildman–Crippen MR) is 101 cm³/mol. The molecule has 0 atom stereocenters. The number of nitrogens with one attached hydrogen (secondary N) is 1. The van der Waals surface area contributed by atoms with E-state index in [1.807, 2.05) is 42.3 Å². The molecule has 25 heavy (non-hydrogen) atoms. The fourth-order valence-electron chi connectivity index (χ4n) is 2.23. The van der Waals surface area contributed by atoms with Gasteiger partial charge < -0.3 is 10.2 Å². The van der Waals surface area contributed by atoms with Crippen molar-refractivity contribution in [1.82, 2.24) is 9.97 Å². The number of para-hydroxylation sites is 1. The molecule has 0 aliphatic carbocycles. The van der Waals surface area contributed by atoms with E-state index in [0.29, 0.717) is 16.5 Å². The van der Waals surface area contributed by atoms with Crippen molar-refractivity contribution in [2.75, 3.05) is 17.3 Å². The Morgan fingerprint density at radius 1 is 1.04 bits per heavy atom. The number of amides is 1. The van der Waals surface area contributed by atoms with Gasteiger partial charge in [0.15, 0.2) is 0 Å². The zero-order valence-electron chi connectivity index (χ0n) is 13.3. The number of halogens is 2. The fraction of sp³-hybridized carbons (Fsp3) is 0.0556. The lowest BCUT2D eigenvalue weighted by atomic mass is 10.2. The van der Waals surface area contributed by atoms with Crippen LogP contribution in [0.1, 0.15) is 10.5 Å². The van der Waals surface area contributed by atoms with Gasteiger partial charge in [-0.3, -0.25) is 4.79 Å². The first kappa shape index (κ1) is 17.2. The van der Waals surface area contributed by atoms with Gasteiger partial charge in [-0.25, -0.2) is 9.97 Å². The molecular weight excluding hydrogens is 359 g/mol. The number of nitrogens with zero attached hydrogens (tertiary/aromatic N) is 3. The highest BCUT2D eigenvalue weighted by Gasteiger charge is 2.14. The van der Waals surface area contributed by atoms with Crippen LogP contribution >= 0.6 is 23.2 Å². The van der Waals surface area contributed by atoms with Crippen molar-refractivity contribution < 1.29 is 4.79 Å². The summed E-state index contributed by atoms with van der Waals surface area (Å²) in [5.41, 5.74) is 1.60. The molecule has 0 spiro atoms. The van der Waals surface area contributed by atoms with Crippen molar-refractivity contribution in [2.24, 2.45) is 0 Å². The molecule has 0 unspecified atom stereocenters. The van der Waals surface area contributed by atoms with Crippen molar-refractivity contribution in [3.63, 3.8) is 0 Å². The molecule has 1 heterocycles. The predicted octanol–water partition coefficient (Wildman–Crippen LogP) is 4.80. The number of rotatable bonds is 4. The second-order valence-corrected chi connectivity index (χ2v) is 6.00. The van der Waals surface area contributed by atoms with Gasteiger partial charge in [0, 0.05) is 18.8 Å². The Morgan fingerprint density at radius 3 is 2.56 bits per heavy atom. The third-order valence-corrected chi connectivity index (χ3v) is 4.39. The molecule has 0 radical (unpaired) electrons. The van der Waals surface area contributed by atoms with E-state index < -0.39 is 5.91 Å². The lowest BCUT2D eigenvalue weighted by Crippen LogP contribution is -2.17. The van der Waals surface area contributed by atoms with Crippen LogP contribution in [0.3, 0.4) is 0 Å². The van der Waals surface area contributed by atoms with E-state index in [1.54, 1.807) is 24.3 Å². The van der Waals surface area contributed by atoms with Crippen LogP contribution in [0.25, 0.3) is 0 Å². The molecule has 0 aliphatic heterocycles. The zero-order valence-corrected chi connectivity index (χ0v) is 14.8. The molecule has 2 aromatic carbocycles. The number of benzene rings is 2. The van der Waals surface area contributed by atoms with Crippen molar-refractivity contribution in [2.45, 2.75) is 0 Å². The number of hydrogen-bond acceptors (Lipinski definition) is 4. The lowest BCUT2D eigenvalue weighted by Gasteiger charge is -2.18. The lowest BCUT2D eigenvalue weighted by molar-refractivity contribution is 0.102. The minimum Gasteiger partial charge on any atom is -0.329 e. The molecule has 1 aromatic heterocycles. The first-order valence-electron chi connectivity index (χ1n) is 7.42. The fourth-order valence-corrected chi connectivity index (χ4v) is 2.57. The summed E-state index contributed by atoms with van der Waals surface area (Å²) in [5.74, 6) is 0.206. The summed E-state index contributed by atoms with van der Waals surface area (Å²) >= 11 is 12.1. The topological polar surface area (TPSA) is 58.1 Å². The van der Waals surface area contributed by atoms with Crippen molar-refractivity contribution in [1.29, 1.82) is 0 Å². The van der Waals surface area contributed by atoms with E-state index in [-0.39, 0.29) is 10.7 Å². The number of carbonyl (C=O) groups excluding carboxylic acids is 1. The Labute approximate surface area is 155 Å². The Balaban J connectivity index is 1.83. The summed E-state index contributed by atoms with van der Waals surface area (Å²) < 4.78 is 0. The van der Waals surface area contributed by atoms with Crippen LogP contribution in [0.4, 0.5) is 17.2 Å². The molecule has 3 rings (SSSR count). The van der Waals surface area contributed by atoms with Gasteiger partial charge in [0.1, 0.15) is 17.8 Å². The molecule has 0 aliphatic rings. The van der Waals surface area contributed by atoms with E-state index in [2.05, 4.69) is 15.3 Å². The van der Waals surface area contributed by atoms with Crippen molar-refractivity contribution >= 4 is 46.3 Å². The highest BCUT2D eigenvalue weighted by molar-refractivity contribution is 6.44. The maximum atomic E-state index is 12.5. The minimum atomic E-state index is -0.394. The smallest absolute Gasteiger partial charge is 0.274 e. The van der Waals surface area contributed by atoms with Crippen molar-refractivity contribution in [3.05, 3.63) is 76.7 Å². The molecular formula is C18H14Cl2N4O. The van der Waals surface area contributed by atoms with Crippen molar-refractivity contribution in [3.8, 4) is 0 Å². The molecule has 0 bridgehead atoms. The molecule has 0 saturated carbocycles. The SMILES string of the molecule is CN(c1ccccc1)c1cc(C(=O)Nc2cccc(Cl)c2Cl)ncn1. The molecule has 0 saturated heterocycles. The largest absolute Gasteiger partial charge is 0.329 e. The first-order valence-corrected chi connectivity index (χ1v) is 8.18. The summed E-state index contributed by atoms with van der Waals surface area (Å²) in [6.07, 6.45) is 1.35. The first-order chi connectivity index (χ1) is 12.1. The molecule has 0 fully saturated rings. The van der Waals surface area contributed by atoms with Crippen LogP contribution < -0.4 is 10.2 Å². The minimum absolute atomic E-state index is 0.226. The Hall–Kier alpha value is -2.63. The van der Waals surface area contributed by atoms with Gasteiger partial charge in [0.05, 0.1) is 15.7 Å². The summed E-state index contributed by atoms with van der Waals surface area (Å²) in [6, 6.07) is 16.3. The molecule has 1 amide bonds.